The highest BCUT2D eigenvalue weighted by molar-refractivity contribution is 9.10. The predicted molar refractivity (Wildman–Crippen MR) is 73.9 cm³/mol. The lowest BCUT2D eigenvalue weighted by Crippen LogP contribution is -2.55. The molecule has 0 heterocycles. The molecule has 0 aromatic heterocycles. The maximum absolute atomic E-state index is 13.1. The van der Waals surface area contributed by atoms with Crippen molar-refractivity contribution in [3.63, 3.8) is 0 Å². The van der Waals surface area contributed by atoms with E-state index in [1.54, 1.807) is 0 Å². The van der Waals surface area contributed by atoms with Gasteiger partial charge in [0.15, 0.2) is 5.54 Å². The van der Waals surface area contributed by atoms with Crippen LogP contribution >= 0.6 is 15.9 Å². The fourth-order valence-corrected chi connectivity index (χ4v) is 2.05. The van der Waals surface area contributed by atoms with Gasteiger partial charge in [-0.25, -0.2) is 9.18 Å². The van der Waals surface area contributed by atoms with Crippen molar-refractivity contribution >= 4 is 27.8 Å². The molecule has 0 aliphatic carbocycles. The summed E-state index contributed by atoms with van der Waals surface area (Å²) in [7, 11) is 1.35. The van der Waals surface area contributed by atoms with Crippen molar-refractivity contribution in [3.05, 3.63) is 34.1 Å². The first-order chi connectivity index (χ1) is 9.28. The van der Waals surface area contributed by atoms with Crippen molar-refractivity contribution in [1.29, 1.82) is 0 Å². The number of hydrogen-bond acceptors (Lipinski definition) is 3. The molecule has 0 radical (unpaired) electrons. The number of carbonyl (C=O) groups excluding carboxylic acids is 1. The number of ether oxygens (including phenoxy) is 1. The molecule has 0 aliphatic rings. The first kappa shape index (κ1) is 16.6. The second kappa shape index (κ2) is 6.81. The summed E-state index contributed by atoms with van der Waals surface area (Å²) in [5.74, 6) is -2.10. The number of carboxylic acids is 1. The number of hydrogen-bond donors (Lipinski definition) is 2. The number of carbonyl (C=O) groups is 2. The fraction of sp³-hybridized carbons (Fsp3) is 0.385. The van der Waals surface area contributed by atoms with Gasteiger partial charge in [0.2, 0.25) is 5.91 Å². The highest BCUT2D eigenvalue weighted by Crippen LogP contribution is 2.17. The van der Waals surface area contributed by atoms with Gasteiger partial charge < -0.3 is 15.2 Å². The fourth-order valence-electron chi connectivity index (χ4n) is 1.63. The van der Waals surface area contributed by atoms with Crippen LogP contribution in [0, 0.1) is 5.82 Å². The van der Waals surface area contributed by atoms with Gasteiger partial charge in [-0.3, -0.25) is 4.79 Å². The first-order valence-electron chi connectivity index (χ1n) is 5.76. The second-order valence-corrected chi connectivity index (χ2v) is 5.40. The predicted octanol–water partition coefficient (Wildman–Crippen LogP) is 1.74. The van der Waals surface area contributed by atoms with Crippen LogP contribution in [0.1, 0.15) is 12.5 Å². The molecule has 0 saturated carbocycles. The third-order valence-corrected chi connectivity index (χ3v) is 3.28. The Bertz CT molecular complexity index is 523. The SMILES string of the molecule is COC[C@@](C)(NC(=O)Cc1ccc(F)c(Br)c1)C(=O)O. The summed E-state index contributed by atoms with van der Waals surface area (Å²) >= 11 is 3.02. The van der Waals surface area contributed by atoms with E-state index in [-0.39, 0.29) is 17.5 Å². The number of amides is 1. The Hall–Kier alpha value is -1.47. The Morgan fingerprint density at radius 1 is 1.50 bits per heavy atom. The lowest BCUT2D eigenvalue weighted by atomic mass is 10.0. The number of methoxy groups -OCH3 is 1. The Morgan fingerprint density at radius 3 is 2.65 bits per heavy atom. The monoisotopic (exact) mass is 347 g/mol. The lowest BCUT2D eigenvalue weighted by Gasteiger charge is -2.25. The molecule has 0 saturated heterocycles. The van der Waals surface area contributed by atoms with Crippen LogP contribution in [0.4, 0.5) is 4.39 Å². The Morgan fingerprint density at radius 2 is 2.15 bits per heavy atom. The van der Waals surface area contributed by atoms with Gasteiger partial charge in [0.05, 0.1) is 17.5 Å². The zero-order valence-electron chi connectivity index (χ0n) is 11.1. The maximum atomic E-state index is 13.1. The molecule has 7 heteroatoms. The number of aliphatic carboxylic acids is 1. The van der Waals surface area contributed by atoms with Crippen LogP contribution in [0.15, 0.2) is 22.7 Å². The lowest BCUT2D eigenvalue weighted by molar-refractivity contribution is -0.149. The summed E-state index contributed by atoms with van der Waals surface area (Å²) in [6.07, 6.45) is -0.0501. The average Bonchev–Trinajstić information content (AvgIpc) is 2.33. The third kappa shape index (κ3) is 4.28. The molecule has 0 spiro atoms. The Kier molecular flexibility index (Phi) is 5.64. The van der Waals surface area contributed by atoms with Crippen molar-refractivity contribution in [2.24, 2.45) is 0 Å². The van der Waals surface area contributed by atoms with Gasteiger partial charge >= 0.3 is 5.97 Å². The van der Waals surface area contributed by atoms with Crippen LogP contribution in [0.3, 0.4) is 0 Å². The molecule has 0 aliphatic heterocycles. The van der Waals surface area contributed by atoms with Gasteiger partial charge in [0.25, 0.3) is 0 Å². The Balaban J connectivity index is 2.75. The van der Waals surface area contributed by atoms with Gasteiger partial charge in [-0.2, -0.15) is 0 Å². The molecule has 110 valence electrons. The summed E-state index contributed by atoms with van der Waals surface area (Å²) in [5.41, 5.74) is -0.927. The van der Waals surface area contributed by atoms with E-state index in [2.05, 4.69) is 21.2 Å². The molecule has 5 nitrogen and oxygen atoms in total. The van der Waals surface area contributed by atoms with Gasteiger partial charge in [0, 0.05) is 7.11 Å². The van der Waals surface area contributed by atoms with E-state index in [4.69, 9.17) is 9.84 Å². The standard InChI is InChI=1S/C13H15BrFNO4/c1-13(7-20-2,12(18)19)16-11(17)6-8-3-4-10(15)9(14)5-8/h3-5H,6-7H2,1-2H3,(H,16,17)(H,18,19)/t13-/m1/s1. The molecule has 0 unspecified atom stereocenters. The summed E-state index contributed by atoms with van der Waals surface area (Å²) in [4.78, 5) is 23.0. The summed E-state index contributed by atoms with van der Waals surface area (Å²) < 4.78 is 18.1. The summed E-state index contributed by atoms with van der Waals surface area (Å²) in [5, 5.41) is 11.5. The molecule has 2 N–H and O–H groups in total. The zero-order chi connectivity index (χ0) is 15.3. The van der Waals surface area contributed by atoms with E-state index in [0.29, 0.717) is 5.56 Å². The molecule has 1 atom stereocenters. The normalized spacial score (nSPS) is 13.6. The first-order valence-corrected chi connectivity index (χ1v) is 6.55. The van der Waals surface area contributed by atoms with Gasteiger partial charge in [-0.15, -0.1) is 0 Å². The van der Waals surface area contributed by atoms with E-state index in [9.17, 15) is 14.0 Å². The van der Waals surface area contributed by atoms with E-state index >= 15 is 0 Å². The van der Waals surface area contributed by atoms with Crippen LogP contribution in [-0.2, 0) is 20.7 Å². The van der Waals surface area contributed by atoms with Gasteiger partial charge in [0.1, 0.15) is 5.82 Å². The van der Waals surface area contributed by atoms with Crippen LogP contribution < -0.4 is 5.32 Å². The van der Waals surface area contributed by atoms with Crippen molar-refractivity contribution < 1.29 is 23.8 Å². The minimum Gasteiger partial charge on any atom is -0.479 e. The average molecular weight is 348 g/mol. The minimum absolute atomic E-state index is 0.0501. The topological polar surface area (TPSA) is 75.6 Å². The number of carboxylic acid groups (broad SMARTS) is 1. The number of nitrogens with one attached hydrogen (secondary N) is 1. The molecule has 20 heavy (non-hydrogen) atoms. The molecule has 1 aromatic rings. The number of halogens is 2. The largest absolute Gasteiger partial charge is 0.479 e. The van der Waals surface area contributed by atoms with Crippen molar-refractivity contribution in [3.8, 4) is 0 Å². The molecule has 1 amide bonds. The number of rotatable bonds is 6. The van der Waals surface area contributed by atoms with Gasteiger partial charge in [-0.1, -0.05) is 6.07 Å². The third-order valence-electron chi connectivity index (χ3n) is 2.67. The summed E-state index contributed by atoms with van der Waals surface area (Å²) in [6, 6.07) is 4.18. The Labute approximate surface area is 124 Å². The summed E-state index contributed by atoms with van der Waals surface area (Å²) in [6.45, 7) is 1.21. The molecular formula is C13H15BrFNO4. The molecule has 1 rings (SSSR count). The molecular weight excluding hydrogens is 333 g/mol. The molecule has 1 aromatic carbocycles. The van der Waals surface area contributed by atoms with E-state index in [1.165, 1.54) is 32.2 Å². The second-order valence-electron chi connectivity index (χ2n) is 4.54. The van der Waals surface area contributed by atoms with Crippen molar-refractivity contribution in [2.75, 3.05) is 13.7 Å². The molecule has 0 bridgehead atoms. The highest BCUT2D eigenvalue weighted by atomic mass is 79.9. The number of benzene rings is 1. The zero-order valence-corrected chi connectivity index (χ0v) is 12.7. The highest BCUT2D eigenvalue weighted by Gasteiger charge is 2.34. The smallest absolute Gasteiger partial charge is 0.331 e. The van der Waals surface area contributed by atoms with Crippen LogP contribution in [0.2, 0.25) is 0 Å². The van der Waals surface area contributed by atoms with E-state index in [0.717, 1.165) is 0 Å². The maximum Gasteiger partial charge on any atom is 0.331 e. The van der Waals surface area contributed by atoms with E-state index < -0.39 is 23.2 Å². The van der Waals surface area contributed by atoms with Gasteiger partial charge in [-0.05, 0) is 40.5 Å². The van der Waals surface area contributed by atoms with E-state index in [1.807, 2.05) is 0 Å². The van der Waals surface area contributed by atoms with Crippen molar-refractivity contribution in [2.45, 2.75) is 18.9 Å². The van der Waals surface area contributed by atoms with Crippen LogP contribution in [-0.4, -0.2) is 36.2 Å². The molecule has 0 fully saturated rings. The minimum atomic E-state index is -1.50. The quantitative estimate of drug-likeness (QED) is 0.821. The van der Waals surface area contributed by atoms with Crippen LogP contribution in [0.5, 0.6) is 0 Å². The van der Waals surface area contributed by atoms with Crippen LogP contribution in [0.25, 0.3) is 0 Å². The van der Waals surface area contributed by atoms with Crippen molar-refractivity contribution in [1.82, 2.24) is 5.32 Å².